The number of thiazole rings is 1. The van der Waals surface area contributed by atoms with Crippen LogP contribution in [0.4, 0.5) is 11.6 Å². The number of hydrogen-bond acceptors (Lipinski definition) is 6. The van der Waals surface area contributed by atoms with Gasteiger partial charge in [0.1, 0.15) is 4.88 Å². The summed E-state index contributed by atoms with van der Waals surface area (Å²) < 4.78 is 1.88. The van der Waals surface area contributed by atoms with Crippen molar-refractivity contribution in [2.45, 2.75) is 47.1 Å². The molecule has 0 aliphatic rings. The Kier molecular flexibility index (Phi) is 8.08. The van der Waals surface area contributed by atoms with Crippen molar-refractivity contribution in [3.05, 3.63) is 76.8 Å². The first-order valence-corrected chi connectivity index (χ1v) is 13.4. The van der Waals surface area contributed by atoms with Gasteiger partial charge in [0, 0.05) is 24.7 Å². The van der Waals surface area contributed by atoms with Gasteiger partial charge in [-0.05, 0) is 47.4 Å². The summed E-state index contributed by atoms with van der Waals surface area (Å²) in [4.78, 5) is 34.8. The summed E-state index contributed by atoms with van der Waals surface area (Å²) in [5.74, 6) is 0.0558. The Balaban J connectivity index is 1.72. The number of nitrogens with zero attached hydrogens (tertiary/aromatic N) is 3. The van der Waals surface area contributed by atoms with Crippen molar-refractivity contribution in [1.29, 1.82) is 0 Å². The first-order chi connectivity index (χ1) is 18.0. The molecule has 9 heteroatoms. The van der Waals surface area contributed by atoms with Gasteiger partial charge in [0.2, 0.25) is 11.9 Å². The highest BCUT2D eigenvalue weighted by molar-refractivity contribution is 7.13. The van der Waals surface area contributed by atoms with Gasteiger partial charge < -0.3 is 10.6 Å². The zero-order valence-corrected chi connectivity index (χ0v) is 23.3. The lowest BCUT2D eigenvalue weighted by Crippen LogP contribution is -2.26. The molecule has 2 aromatic carbocycles. The van der Waals surface area contributed by atoms with E-state index in [0.717, 1.165) is 33.8 Å². The smallest absolute Gasteiger partial charge is 0.269 e. The van der Waals surface area contributed by atoms with Crippen LogP contribution in [0.5, 0.6) is 0 Å². The van der Waals surface area contributed by atoms with E-state index in [1.807, 2.05) is 48.7 Å². The zero-order valence-electron chi connectivity index (χ0n) is 22.5. The molecule has 0 aliphatic heterocycles. The molecule has 0 unspecified atom stereocenters. The molecule has 0 bridgehead atoms. The lowest BCUT2D eigenvalue weighted by molar-refractivity contribution is -0.111. The van der Waals surface area contributed by atoms with Crippen LogP contribution >= 0.6 is 11.3 Å². The van der Waals surface area contributed by atoms with Gasteiger partial charge in [-0.2, -0.15) is 0 Å². The van der Waals surface area contributed by atoms with E-state index >= 15 is 0 Å². The SMILES string of the molecule is C=CC(=O)Nc1cccc(-n2c(NC(=O)c3cnc(C(C)C)s3)nc3cc(CNCC(C)(C)C)ccc32)c1. The van der Waals surface area contributed by atoms with E-state index in [-0.39, 0.29) is 23.1 Å². The first kappa shape index (κ1) is 27.2. The van der Waals surface area contributed by atoms with Gasteiger partial charge in [-0.25, -0.2) is 9.97 Å². The summed E-state index contributed by atoms with van der Waals surface area (Å²) in [6.45, 7) is 15.8. The average Bonchev–Trinajstić information content (AvgIpc) is 3.48. The number of benzene rings is 2. The molecule has 4 aromatic rings. The highest BCUT2D eigenvalue weighted by Crippen LogP contribution is 2.29. The Morgan fingerprint density at radius 3 is 2.61 bits per heavy atom. The van der Waals surface area contributed by atoms with Gasteiger partial charge in [-0.15, -0.1) is 11.3 Å². The first-order valence-electron chi connectivity index (χ1n) is 12.6. The van der Waals surface area contributed by atoms with Crippen LogP contribution in [-0.4, -0.2) is 32.9 Å². The van der Waals surface area contributed by atoms with Crippen molar-refractivity contribution >= 4 is 45.8 Å². The highest BCUT2D eigenvalue weighted by atomic mass is 32.1. The molecule has 0 saturated heterocycles. The molecule has 0 fully saturated rings. The number of hydrogen-bond donors (Lipinski definition) is 3. The van der Waals surface area contributed by atoms with E-state index in [0.29, 0.717) is 23.1 Å². The van der Waals surface area contributed by atoms with Gasteiger partial charge in [-0.1, -0.05) is 53.3 Å². The summed E-state index contributed by atoms with van der Waals surface area (Å²) in [7, 11) is 0. The van der Waals surface area contributed by atoms with Crippen LogP contribution in [0, 0.1) is 5.41 Å². The number of rotatable bonds is 9. The molecule has 2 heterocycles. The Hall–Kier alpha value is -3.82. The number of nitrogens with one attached hydrogen (secondary N) is 3. The third-order valence-electron chi connectivity index (χ3n) is 5.73. The average molecular weight is 531 g/mol. The molecule has 198 valence electrons. The largest absolute Gasteiger partial charge is 0.322 e. The van der Waals surface area contributed by atoms with Crippen molar-refractivity contribution in [2.24, 2.45) is 5.41 Å². The van der Waals surface area contributed by atoms with E-state index in [2.05, 4.69) is 54.4 Å². The maximum Gasteiger partial charge on any atom is 0.269 e. The molecule has 4 rings (SSSR count). The fraction of sp³-hybridized carbons (Fsp3) is 0.310. The van der Waals surface area contributed by atoms with Crippen LogP contribution in [0.3, 0.4) is 0 Å². The Morgan fingerprint density at radius 2 is 1.92 bits per heavy atom. The number of carbonyl (C=O) groups is 2. The van der Waals surface area contributed by atoms with Gasteiger partial charge in [0.15, 0.2) is 0 Å². The number of imidazole rings is 1. The zero-order chi connectivity index (χ0) is 27.4. The third kappa shape index (κ3) is 6.54. The minimum absolute atomic E-state index is 0.182. The van der Waals surface area contributed by atoms with Crippen LogP contribution in [0.25, 0.3) is 16.7 Å². The molecule has 0 aliphatic carbocycles. The van der Waals surface area contributed by atoms with E-state index in [1.165, 1.54) is 17.4 Å². The van der Waals surface area contributed by atoms with Crippen LogP contribution < -0.4 is 16.0 Å². The van der Waals surface area contributed by atoms with Gasteiger partial charge in [0.25, 0.3) is 5.91 Å². The summed E-state index contributed by atoms with van der Waals surface area (Å²) in [6, 6.07) is 13.5. The summed E-state index contributed by atoms with van der Waals surface area (Å²) in [6.07, 6.45) is 2.83. The molecule has 0 radical (unpaired) electrons. The molecule has 8 nitrogen and oxygen atoms in total. The minimum Gasteiger partial charge on any atom is -0.322 e. The Morgan fingerprint density at radius 1 is 1.13 bits per heavy atom. The minimum atomic E-state index is -0.301. The molecule has 38 heavy (non-hydrogen) atoms. The van der Waals surface area contributed by atoms with Crippen LogP contribution in [0.1, 0.15) is 60.8 Å². The monoisotopic (exact) mass is 530 g/mol. The van der Waals surface area contributed by atoms with Crippen molar-refractivity contribution < 1.29 is 9.59 Å². The van der Waals surface area contributed by atoms with Crippen molar-refractivity contribution in [2.75, 3.05) is 17.2 Å². The number of anilines is 2. The second-order valence-corrected chi connectivity index (χ2v) is 11.7. The molecule has 2 aromatic heterocycles. The van der Waals surface area contributed by atoms with E-state index in [9.17, 15) is 9.59 Å². The second-order valence-electron chi connectivity index (χ2n) is 10.7. The summed E-state index contributed by atoms with van der Waals surface area (Å²) >= 11 is 1.38. The standard InChI is InChI=1S/C29H34N6O2S/c1-7-25(36)32-20-9-8-10-21(14-20)35-23-12-11-19(15-30-17-29(4,5)6)13-22(23)33-28(35)34-26(37)24-16-31-27(38-24)18(2)3/h7-14,16,18,30H,1,15,17H2,2-6H3,(H,32,36)(H,33,34,37). The summed E-state index contributed by atoms with van der Waals surface area (Å²) in [5.41, 5.74) is 4.22. The summed E-state index contributed by atoms with van der Waals surface area (Å²) in [5, 5.41) is 10.2. The Bertz CT molecular complexity index is 1480. The molecule has 3 N–H and O–H groups in total. The molecule has 0 spiro atoms. The van der Waals surface area contributed by atoms with E-state index in [1.54, 1.807) is 12.3 Å². The number of fused-ring (bicyclic) bond motifs is 1. The van der Waals surface area contributed by atoms with Gasteiger partial charge in [-0.3, -0.25) is 19.5 Å². The number of aromatic nitrogens is 3. The van der Waals surface area contributed by atoms with Crippen molar-refractivity contribution in [1.82, 2.24) is 19.9 Å². The quantitative estimate of drug-likeness (QED) is 0.226. The number of amides is 2. The van der Waals surface area contributed by atoms with Gasteiger partial charge in [0.05, 0.1) is 27.9 Å². The maximum atomic E-state index is 13.2. The second kappa shape index (κ2) is 11.3. The number of carbonyl (C=O) groups excluding carboxylic acids is 2. The van der Waals surface area contributed by atoms with E-state index < -0.39 is 0 Å². The normalized spacial score (nSPS) is 11.6. The van der Waals surface area contributed by atoms with Crippen LogP contribution in [-0.2, 0) is 11.3 Å². The van der Waals surface area contributed by atoms with E-state index in [4.69, 9.17) is 4.98 Å². The molecular formula is C29H34N6O2S. The van der Waals surface area contributed by atoms with Gasteiger partial charge >= 0.3 is 0 Å². The van der Waals surface area contributed by atoms with Crippen LogP contribution in [0.15, 0.2) is 61.3 Å². The fourth-order valence-corrected chi connectivity index (χ4v) is 4.72. The topological polar surface area (TPSA) is 101 Å². The third-order valence-corrected chi connectivity index (χ3v) is 7.02. The molecule has 2 amide bonds. The highest BCUT2D eigenvalue weighted by Gasteiger charge is 2.19. The maximum absolute atomic E-state index is 13.2. The predicted octanol–water partition coefficient (Wildman–Crippen LogP) is 6.12. The van der Waals surface area contributed by atoms with Crippen LogP contribution in [0.2, 0.25) is 0 Å². The molecule has 0 atom stereocenters. The lowest BCUT2D eigenvalue weighted by atomic mass is 9.97. The predicted molar refractivity (Wildman–Crippen MR) is 155 cm³/mol. The molecular weight excluding hydrogens is 496 g/mol. The Labute approximate surface area is 227 Å². The van der Waals surface area contributed by atoms with Crippen molar-refractivity contribution in [3.8, 4) is 5.69 Å². The molecule has 0 saturated carbocycles. The lowest BCUT2D eigenvalue weighted by Gasteiger charge is -2.18. The fourth-order valence-electron chi connectivity index (χ4n) is 3.90. The van der Waals surface area contributed by atoms with Crippen molar-refractivity contribution in [3.63, 3.8) is 0 Å².